The second kappa shape index (κ2) is 10.6. The minimum atomic E-state index is 0. The molecule has 0 heterocycles. The molecule has 4 rings (SSSR count). The fourth-order valence-corrected chi connectivity index (χ4v) is 2.24. The zero-order chi connectivity index (χ0) is 15.8. The van der Waals surface area contributed by atoms with Crippen LogP contribution in [0.25, 0.3) is 21.5 Å². The summed E-state index contributed by atoms with van der Waals surface area (Å²) in [4.78, 5) is 0. The van der Waals surface area contributed by atoms with E-state index in [1.54, 1.807) is 24.2 Å². The Morgan fingerprint density at radius 2 is 1.43 bits per heavy atom. The summed E-state index contributed by atoms with van der Waals surface area (Å²) >= 11 is 1.55. The molecule has 3 aromatic rings. The third-order valence-corrected chi connectivity index (χ3v) is 3.11. The van der Waals surface area contributed by atoms with Crippen LogP contribution in [0.15, 0.2) is 72.8 Å². The van der Waals surface area contributed by atoms with Gasteiger partial charge in [-0.05, 0) is 0 Å². The molecular weight excluding hydrogens is 379 g/mol. The molecule has 1 aliphatic rings. The molecular formula is C21H21ClZr. The van der Waals surface area contributed by atoms with Crippen molar-refractivity contribution in [2.24, 2.45) is 0 Å². The minimum absolute atomic E-state index is 0. The average molecular weight is 400 g/mol. The van der Waals surface area contributed by atoms with E-state index in [0.29, 0.717) is 0 Å². The van der Waals surface area contributed by atoms with Crippen LogP contribution in [0, 0.1) is 6.08 Å². The van der Waals surface area contributed by atoms with Crippen molar-refractivity contribution in [2.45, 2.75) is 20.3 Å². The van der Waals surface area contributed by atoms with Crippen molar-refractivity contribution in [1.82, 2.24) is 0 Å². The molecule has 0 bridgehead atoms. The van der Waals surface area contributed by atoms with Crippen molar-refractivity contribution < 1.29 is 24.2 Å². The van der Waals surface area contributed by atoms with Crippen LogP contribution in [-0.2, 0) is 24.2 Å². The summed E-state index contributed by atoms with van der Waals surface area (Å²) in [6.07, 6.45) is 10.0. The van der Waals surface area contributed by atoms with Gasteiger partial charge in [-0.3, -0.25) is 6.08 Å². The van der Waals surface area contributed by atoms with Crippen molar-refractivity contribution in [3.63, 3.8) is 0 Å². The predicted molar refractivity (Wildman–Crippen MR) is 102 cm³/mol. The number of rotatable bonds is 0. The number of fused-ring (bicyclic) bond motifs is 3. The molecule has 0 unspecified atom stereocenters. The molecule has 3 aromatic carbocycles. The summed E-state index contributed by atoms with van der Waals surface area (Å²) in [6, 6.07) is 19.3. The summed E-state index contributed by atoms with van der Waals surface area (Å²) in [5.41, 5.74) is 0. The Balaban J connectivity index is 0.000000223. The molecule has 0 amide bonds. The van der Waals surface area contributed by atoms with Crippen LogP contribution in [0.5, 0.6) is 0 Å². The van der Waals surface area contributed by atoms with Gasteiger partial charge in [0, 0.05) is 0 Å². The maximum absolute atomic E-state index is 2.99. The van der Waals surface area contributed by atoms with Crippen LogP contribution in [0.1, 0.15) is 20.3 Å². The van der Waals surface area contributed by atoms with Gasteiger partial charge in [0.2, 0.25) is 0 Å². The Labute approximate surface area is 160 Å². The first-order chi connectivity index (χ1) is 10.7. The van der Waals surface area contributed by atoms with Crippen LogP contribution >= 0.6 is 12.4 Å². The first kappa shape index (κ1) is 19.9. The van der Waals surface area contributed by atoms with Gasteiger partial charge in [-0.1, -0.05) is 36.4 Å². The number of hydrogen-bond donors (Lipinski definition) is 0. The SMILES string of the molecule is C[C](C)=[Zr+2].Cl.[C-]1=CC=CC1.c1ccc2c(c1)[cH-]c1ccccc12. The fourth-order valence-electron chi connectivity index (χ4n) is 2.24. The normalized spacial score (nSPS) is 11.3. The van der Waals surface area contributed by atoms with E-state index < -0.39 is 0 Å². The number of halogens is 1. The predicted octanol–water partition coefficient (Wildman–Crippen LogP) is 6.18. The molecule has 0 aromatic heterocycles. The van der Waals surface area contributed by atoms with E-state index in [2.05, 4.69) is 80.6 Å². The van der Waals surface area contributed by atoms with Crippen LogP contribution < -0.4 is 0 Å². The summed E-state index contributed by atoms with van der Waals surface area (Å²) in [5, 5.41) is 5.39. The van der Waals surface area contributed by atoms with Crippen molar-refractivity contribution >= 4 is 37.2 Å². The zero-order valence-corrected chi connectivity index (χ0v) is 16.8. The molecule has 0 aliphatic heterocycles. The number of hydrogen-bond acceptors (Lipinski definition) is 0. The molecule has 0 nitrogen and oxygen atoms in total. The number of allylic oxidation sites excluding steroid dienone is 4. The minimum Gasteiger partial charge on any atom is -0.273 e. The van der Waals surface area contributed by atoms with Gasteiger partial charge in [0.05, 0.1) is 0 Å². The third kappa shape index (κ3) is 6.46. The largest absolute Gasteiger partial charge is 0.273 e. The molecule has 23 heavy (non-hydrogen) atoms. The Morgan fingerprint density at radius 1 is 0.957 bits per heavy atom. The Morgan fingerprint density at radius 3 is 1.78 bits per heavy atom. The molecule has 0 spiro atoms. The van der Waals surface area contributed by atoms with Gasteiger partial charge < -0.3 is 0 Å². The average Bonchev–Trinajstić information content (AvgIpc) is 3.18. The van der Waals surface area contributed by atoms with Crippen LogP contribution in [0.4, 0.5) is 0 Å². The quantitative estimate of drug-likeness (QED) is 0.395. The van der Waals surface area contributed by atoms with Gasteiger partial charge in [-0.15, -0.1) is 58.6 Å². The summed E-state index contributed by atoms with van der Waals surface area (Å²) < 4.78 is 1.51. The van der Waals surface area contributed by atoms with E-state index in [1.165, 1.54) is 24.8 Å². The Kier molecular flexibility index (Phi) is 9.14. The van der Waals surface area contributed by atoms with E-state index in [0.717, 1.165) is 6.42 Å². The molecule has 0 saturated heterocycles. The molecule has 1 aliphatic carbocycles. The van der Waals surface area contributed by atoms with Gasteiger partial charge >= 0.3 is 41.3 Å². The topological polar surface area (TPSA) is 0 Å². The zero-order valence-electron chi connectivity index (χ0n) is 13.5. The monoisotopic (exact) mass is 398 g/mol. The molecule has 0 atom stereocenters. The molecule has 2 heteroatoms. The van der Waals surface area contributed by atoms with Gasteiger partial charge in [0.15, 0.2) is 0 Å². The molecule has 0 N–H and O–H groups in total. The summed E-state index contributed by atoms with van der Waals surface area (Å²) in [6.45, 7) is 4.25. The second-order valence-electron chi connectivity index (χ2n) is 5.32. The standard InChI is InChI=1S/C13H9.C5H5.C3H6.ClH.Zr/c1-3-7-12-10(5-1)9-11-6-2-4-8-13(11)12;1-2-4-5-3-1;1-3-2;;/h1-9H;1-3H,4H2;1-2H3;1H;/q2*-1;;;+2. The van der Waals surface area contributed by atoms with Crippen molar-refractivity contribution in [3.05, 3.63) is 78.9 Å². The van der Waals surface area contributed by atoms with Crippen LogP contribution in [0.3, 0.4) is 0 Å². The van der Waals surface area contributed by atoms with Gasteiger partial charge in [-0.2, -0.15) is 6.08 Å². The Bertz CT molecular complexity index is 744. The first-order valence-electron chi connectivity index (χ1n) is 7.45. The van der Waals surface area contributed by atoms with Crippen molar-refractivity contribution in [2.75, 3.05) is 0 Å². The maximum atomic E-state index is 2.99. The third-order valence-electron chi connectivity index (χ3n) is 3.11. The first-order valence-corrected chi connectivity index (χ1v) is 8.68. The van der Waals surface area contributed by atoms with E-state index in [1.807, 2.05) is 12.2 Å². The second-order valence-corrected chi connectivity index (χ2v) is 7.78. The van der Waals surface area contributed by atoms with Crippen molar-refractivity contribution in [3.8, 4) is 0 Å². The number of benzene rings is 2. The van der Waals surface area contributed by atoms with Gasteiger partial charge in [-0.25, -0.2) is 12.2 Å². The van der Waals surface area contributed by atoms with Crippen LogP contribution in [-0.4, -0.2) is 3.21 Å². The van der Waals surface area contributed by atoms with E-state index in [-0.39, 0.29) is 12.4 Å². The van der Waals surface area contributed by atoms with E-state index in [4.69, 9.17) is 0 Å². The summed E-state index contributed by atoms with van der Waals surface area (Å²) in [5.74, 6) is 0. The fraction of sp³-hybridized carbons (Fsp3) is 0.143. The molecule has 0 radical (unpaired) electrons. The maximum Gasteiger partial charge on any atom is -0.0771 e. The van der Waals surface area contributed by atoms with Gasteiger partial charge in [0.25, 0.3) is 0 Å². The van der Waals surface area contributed by atoms with Crippen molar-refractivity contribution in [1.29, 1.82) is 0 Å². The molecule has 0 saturated carbocycles. The van der Waals surface area contributed by atoms with E-state index >= 15 is 0 Å². The summed E-state index contributed by atoms with van der Waals surface area (Å²) in [7, 11) is 0. The molecule has 0 fully saturated rings. The van der Waals surface area contributed by atoms with Gasteiger partial charge in [0.1, 0.15) is 0 Å². The molecule has 116 valence electrons. The Hall–Kier alpha value is -1.17. The smallest absolute Gasteiger partial charge is 0.0771 e. The van der Waals surface area contributed by atoms with E-state index in [9.17, 15) is 0 Å². The van der Waals surface area contributed by atoms with Crippen LogP contribution in [0.2, 0.25) is 0 Å².